The number of ether oxygens (including phenoxy) is 1. The fraction of sp³-hybridized carbons (Fsp3) is 0.400. The summed E-state index contributed by atoms with van der Waals surface area (Å²) in [6.45, 7) is 2.35. The fourth-order valence-electron chi connectivity index (χ4n) is 3.49. The lowest BCUT2D eigenvalue weighted by Crippen LogP contribution is -2.57. The number of halogens is 3. The summed E-state index contributed by atoms with van der Waals surface area (Å²) in [6.07, 6.45) is -6.09. The lowest BCUT2D eigenvalue weighted by Gasteiger charge is -2.38. The topological polar surface area (TPSA) is 150 Å². The van der Waals surface area contributed by atoms with Crippen LogP contribution in [0.5, 0.6) is 0 Å². The van der Waals surface area contributed by atoms with Gasteiger partial charge in [-0.05, 0) is 18.6 Å². The number of benzene rings is 1. The Labute approximate surface area is 192 Å². The van der Waals surface area contributed by atoms with Crippen LogP contribution in [0.3, 0.4) is 0 Å². The van der Waals surface area contributed by atoms with E-state index < -0.39 is 47.4 Å². The molecule has 14 heteroatoms. The summed E-state index contributed by atoms with van der Waals surface area (Å²) in [5.41, 5.74) is 3.84. The molecule has 1 aromatic carbocycles. The first-order valence-electron chi connectivity index (χ1n) is 10.3. The Bertz CT molecular complexity index is 1040. The summed E-state index contributed by atoms with van der Waals surface area (Å²) in [4.78, 5) is 42.1. The average molecular weight is 484 g/mol. The van der Waals surface area contributed by atoms with Gasteiger partial charge >= 0.3 is 18.4 Å². The molecule has 1 unspecified atom stereocenters. The third-order valence-electron chi connectivity index (χ3n) is 5.04. The number of hydrogen-bond donors (Lipinski definition) is 4. The van der Waals surface area contributed by atoms with Gasteiger partial charge in [0.25, 0.3) is 5.91 Å². The highest BCUT2D eigenvalue weighted by Crippen LogP contribution is 2.41. The predicted molar refractivity (Wildman–Crippen MR) is 114 cm³/mol. The summed E-state index contributed by atoms with van der Waals surface area (Å²) in [6, 6.07) is 2.35. The standard InChI is InChI=1S/C20H23F3N6O5/c1-2-3-7-25-16(30)11-5-4-6-12(20(21,22)23)14(11)29-15(24)13(34-19(32)33)10-27-17(29)28-9-8-26-18(28)31/h4-6,10,15H,2-3,7-9,24H2,1H3,(H,25,30)(H,26,31)(H,32,33). The van der Waals surface area contributed by atoms with Gasteiger partial charge in [0.2, 0.25) is 5.96 Å². The first-order chi connectivity index (χ1) is 16.1. The molecule has 5 N–H and O–H groups in total. The van der Waals surface area contributed by atoms with Crippen LogP contribution in [0.2, 0.25) is 0 Å². The summed E-state index contributed by atoms with van der Waals surface area (Å²) >= 11 is 0. The molecule has 2 aliphatic heterocycles. The van der Waals surface area contributed by atoms with Gasteiger partial charge in [0.15, 0.2) is 5.76 Å². The second kappa shape index (κ2) is 9.99. The monoisotopic (exact) mass is 484 g/mol. The Morgan fingerprint density at radius 2 is 2.12 bits per heavy atom. The number of guanidine groups is 1. The number of rotatable bonds is 6. The number of carbonyl (C=O) groups excluding carboxylic acids is 2. The van der Waals surface area contributed by atoms with Gasteiger partial charge in [-0.25, -0.2) is 14.6 Å². The summed E-state index contributed by atoms with van der Waals surface area (Å²) in [5, 5.41) is 14.1. The molecule has 3 rings (SSSR count). The zero-order chi connectivity index (χ0) is 25.0. The summed E-state index contributed by atoms with van der Waals surface area (Å²) in [5.74, 6) is -1.62. The number of nitrogens with one attached hydrogen (secondary N) is 2. The molecule has 1 saturated heterocycles. The highest BCUT2D eigenvalue weighted by atomic mass is 19.4. The van der Waals surface area contributed by atoms with Crippen LogP contribution in [-0.4, -0.2) is 59.9 Å². The Balaban J connectivity index is 2.21. The molecule has 1 fully saturated rings. The van der Waals surface area contributed by atoms with E-state index in [2.05, 4.69) is 20.4 Å². The minimum absolute atomic E-state index is 0.0516. The molecule has 1 atom stereocenters. The molecule has 2 heterocycles. The number of aliphatic imine (C=N–C) groups is 1. The predicted octanol–water partition coefficient (Wildman–Crippen LogP) is 2.26. The maximum Gasteiger partial charge on any atom is 0.511 e. The fourth-order valence-corrected chi connectivity index (χ4v) is 3.49. The summed E-state index contributed by atoms with van der Waals surface area (Å²) in [7, 11) is 0. The van der Waals surface area contributed by atoms with Gasteiger partial charge in [0.05, 0.1) is 23.0 Å². The van der Waals surface area contributed by atoms with Crippen LogP contribution < -0.4 is 21.3 Å². The van der Waals surface area contributed by atoms with Crippen molar-refractivity contribution in [3.63, 3.8) is 0 Å². The molecule has 34 heavy (non-hydrogen) atoms. The molecule has 0 aromatic heterocycles. The number of unbranched alkanes of at least 4 members (excludes halogenated alkanes) is 1. The number of nitrogens with two attached hydrogens (primary N) is 1. The first kappa shape index (κ1) is 24.8. The molecule has 0 saturated carbocycles. The van der Waals surface area contributed by atoms with E-state index >= 15 is 0 Å². The Morgan fingerprint density at radius 1 is 1.38 bits per heavy atom. The van der Waals surface area contributed by atoms with Crippen molar-refractivity contribution in [2.75, 3.05) is 24.5 Å². The minimum Gasteiger partial charge on any atom is -0.449 e. The van der Waals surface area contributed by atoms with Crippen LogP contribution in [0, 0.1) is 0 Å². The van der Waals surface area contributed by atoms with Gasteiger partial charge in [-0.15, -0.1) is 0 Å². The number of amides is 3. The molecular formula is C20H23F3N6O5. The Kier molecular flexibility index (Phi) is 7.29. The van der Waals surface area contributed by atoms with Crippen LogP contribution in [0.15, 0.2) is 35.2 Å². The largest absolute Gasteiger partial charge is 0.511 e. The van der Waals surface area contributed by atoms with Gasteiger partial charge in [0.1, 0.15) is 6.17 Å². The second-order valence-corrected chi connectivity index (χ2v) is 7.34. The number of nitrogens with zero attached hydrogens (tertiary/aromatic N) is 3. The number of para-hydroxylation sites is 1. The molecule has 184 valence electrons. The average Bonchev–Trinajstić information content (AvgIpc) is 3.19. The van der Waals surface area contributed by atoms with Gasteiger partial charge in [-0.3, -0.25) is 14.6 Å². The highest BCUT2D eigenvalue weighted by Gasteiger charge is 2.43. The van der Waals surface area contributed by atoms with E-state index in [-0.39, 0.29) is 31.2 Å². The second-order valence-electron chi connectivity index (χ2n) is 7.34. The number of anilines is 1. The Hall–Kier alpha value is -3.81. The van der Waals surface area contributed by atoms with Crippen molar-refractivity contribution in [1.82, 2.24) is 15.5 Å². The molecule has 0 radical (unpaired) electrons. The van der Waals surface area contributed by atoms with E-state index in [0.29, 0.717) is 6.42 Å². The van der Waals surface area contributed by atoms with Crippen molar-refractivity contribution in [1.29, 1.82) is 0 Å². The number of alkyl halides is 3. The highest BCUT2D eigenvalue weighted by molar-refractivity contribution is 6.11. The Morgan fingerprint density at radius 3 is 2.71 bits per heavy atom. The number of carboxylic acid groups (broad SMARTS) is 1. The molecule has 11 nitrogen and oxygen atoms in total. The summed E-state index contributed by atoms with van der Waals surface area (Å²) < 4.78 is 46.9. The zero-order valence-corrected chi connectivity index (χ0v) is 18.1. The molecule has 3 amide bonds. The maximum absolute atomic E-state index is 14.1. The van der Waals surface area contributed by atoms with Crippen LogP contribution in [0.4, 0.5) is 28.4 Å². The van der Waals surface area contributed by atoms with Gasteiger partial charge in [-0.2, -0.15) is 13.2 Å². The molecule has 2 aliphatic rings. The number of hydrogen-bond acceptors (Lipinski definition) is 7. The third-order valence-corrected chi connectivity index (χ3v) is 5.04. The van der Waals surface area contributed by atoms with Gasteiger partial charge < -0.3 is 26.2 Å². The van der Waals surface area contributed by atoms with Crippen molar-refractivity contribution in [3.8, 4) is 0 Å². The smallest absolute Gasteiger partial charge is 0.449 e. The van der Waals surface area contributed by atoms with Crippen molar-refractivity contribution in [2.45, 2.75) is 32.1 Å². The van der Waals surface area contributed by atoms with Crippen LogP contribution in [0.25, 0.3) is 0 Å². The quantitative estimate of drug-likeness (QED) is 0.357. The van der Waals surface area contributed by atoms with Gasteiger partial charge in [0, 0.05) is 19.6 Å². The van der Waals surface area contributed by atoms with Crippen LogP contribution in [-0.2, 0) is 10.9 Å². The van der Waals surface area contributed by atoms with E-state index in [4.69, 9.17) is 10.8 Å². The maximum atomic E-state index is 14.1. The van der Waals surface area contributed by atoms with E-state index in [9.17, 15) is 27.6 Å². The lowest BCUT2D eigenvalue weighted by molar-refractivity contribution is -0.137. The van der Waals surface area contributed by atoms with Crippen molar-refractivity contribution < 1.29 is 37.4 Å². The van der Waals surface area contributed by atoms with Crippen molar-refractivity contribution in [2.24, 2.45) is 10.7 Å². The van der Waals surface area contributed by atoms with Crippen molar-refractivity contribution >= 4 is 29.7 Å². The third kappa shape index (κ3) is 5.06. The molecular weight excluding hydrogens is 461 g/mol. The number of urea groups is 1. The van der Waals surface area contributed by atoms with E-state index in [1.807, 2.05) is 6.92 Å². The molecule has 0 aliphatic carbocycles. The normalized spacial score (nSPS) is 18.3. The van der Waals surface area contributed by atoms with E-state index in [1.54, 1.807) is 0 Å². The molecule has 1 aromatic rings. The van der Waals surface area contributed by atoms with Crippen molar-refractivity contribution in [3.05, 3.63) is 41.3 Å². The minimum atomic E-state index is -4.93. The van der Waals surface area contributed by atoms with E-state index in [0.717, 1.165) is 34.6 Å². The first-order valence-corrected chi connectivity index (χ1v) is 10.3. The lowest BCUT2D eigenvalue weighted by atomic mass is 10.0. The zero-order valence-electron chi connectivity index (χ0n) is 18.1. The molecule has 0 bridgehead atoms. The van der Waals surface area contributed by atoms with E-state index in [1.165, 1.54) is 6.07 Å². The molecule has 0 spiro atoms. The van der Waals surface area contributed by atoms with Crippen LogP contribution in [0.1, 0.15) is 35.7 Å². The number of carbonyl (C=O) groups is 3. The van der Waals surface area contributed by atoms with Crippen LogP contribution >= 0.6 is 0 Å². The SMILES string of the molecule is CCCCNC(=O)c1cccc(C(F)(F)F)c1N1C(N2CCNC2=O)=NC=C(OC(=O)O)C1N. The van der Waals surface area contributed by atoms with Gasteiger partial charge in [-0.1, -0.05) is 19.4 Å².